The Hall–Kier alpha value is -2.89. The third-order valence-corrected chi connectivity index (χ3v) is 7.00. The number of hydrogen-bond donors (Lipinski definition) is 3. The number of aromatic nitrogens is 1. The van der Waals surface area contributed by atoms with Gasteiger partial charge in [-0.1, -0.05) is 24.6 Å². The summed E-state index contributed by atoms with van der Waals surface area (Å²) in [6, 6.07) is 11.4. The van der Waals surface area contributed by atoms with Crippen molar-refractivity contribution in [3.63, 3.8) is 0 Å². The fourth-order valence-electron chi connectivity index (χ4n) is 4.80. The molecule has 1 spiro atoms. The van der Waals surface area contributed by atoms with Crippen LogP contribution < -0.4 is 10.2 Å². The van der Waals surface area contributed by atoms with Crippen LogP contribution in [0.4, 0.5) is 17.2 Å². The Balaban J connectivity index is 1.62. The van der Waals surface area contributed by atoms with E-state index >= 15 is 0 Å². The third-order valence-electron chi connectivity index (χ3n) is 7.00. The van der Waals surface area contributed by atoms with E-state index in [2.05, 4.69) is 15.2 Å². The predicted octanol–water partition coefficient (Wildman–Crippen LogP) is 5.07. The molecule has 3 N–H and O–H groups in total. The molecule has 3 aliphatic rings. The van der Waals surface area contributed by atoms with Crippen LogP contribution in [-0.2, 0) is 0 Å². The molecule has 5 rings (SSSR count). The van der Waals surface area contributed by atoms with E-state index in [4.69, 9.17) is 5.41 Å². The fourth-order valence-corrected chi connectivity index (χ4v) is 4.80. The minimum atomic E-state index is -1.03. The first kappa shape index (κ1) is 19.1. The molecule has 0 unspecified atom stereocenters. The summed E-state index contributed by atoms with van der Waals surface area (Å²) in [4.78, 5) is 18.7. The molecular formula is C24H28N4O2. The van der Waals surface area contributed by atoms with Crippen LogP contribution in [0.25, 0.3) is 0 Å². The zero-order valence-corrected chi connectivity index (χ0v) is 17.2. The molecule has 1 aliphatic heterocycles. The molecule has 0 bridgehead atoms. The monoisotopic (exact) mass is 404 g/mol. The van der Waals surface area contributed by atoms with Crippen LogP contribution in [0.1, 0.15) is 61.0 Å². The van der Waals surface area contributed by atoms with Gasteiger partial charge >= 0.3 is 5.97 Å². The maximum atomic E-state index is 11.9. The van der Waals surface area contributed by atoms with Crippen LogP contribution in [0.5, 0.6) is 0 Å². The van der Waals surface area contributed by atoms with Crippen molar-refractivity contribution in [1.82, 2.24) is 4.98 Å². The molecule has 2 aromatic rings. The fraction of sp³-hybridized carbons (Fsp3) is 0.458. The Labute approximate surface area is 176 Å². The van der Waals surface area contributed by atoms with Gasteiger partial charge in [-0.15, -0.1) is 0 Å². The van der Waals surface area contributed by atoms with E-state index < -0.39 is 5.97 Å². The molecule has 1 saturated heterocycles. The van der Waals surface area contributed by atoms with Crippen molar-refractivity contribution in [2.24, 2.45) is 11.3 Å². The highest BCUT2D eigenvalue weighted by Crippen LogP contribution is 2.53. The molecule has 0 radical (unpaired) electrons. The number of pyridine rings is 1. The molecule has 1 aromatic heterocycles. The van der Waals surface area contributed by atoms with Crippen molar-refractivity contribution in [1.29, 1.82) is 5.41 Å². The van der Waals surface area contributed by atoms with Crippen LogP contribution in [-0.4, -0.2) is 34.9 Å². The normalized spacial score (nSPS) is 19.9. The van der Waals surface area contributed by atoms with Gasteiger partial charge in [0.15, 0.2) is 5.69 Å². The topological polar surface area (TPSA) is 89.3 Å². The summed E-state index contributed by atoms with van der Waals surface area (Å²) in [6.45, 7) is 1.85. The summed E-state index contributed by atoms with van der Waals surface area (Å²) in [6.07, 6.45) is 8.07. The number of carboxylic acid groups (broad SMARTS) is 1. The van der Waals surface area contributed by atoms with Gasteiger partial charge in [0.25, 0.3) is 0 Å². The molecule has 0 atom stereocenters. The molecule has 2 aliphatic carbocycles. The number of nitrogens with one attached hydrogen (secondary N) is 2. The van der Waals surface area contributed by atoms with Crippen molar-refractivity contribution in [3.05, 3.63) is 47.7 Å². The second kappa shape index (κ2) is 7.42. The quantitative estimate of drug-likeness (QED) is 0.585. The number of aromatic carboxylic acids is 1. The summed E-state index contributed by atoms with van der Waals surface area (Å²) >= 11 is 0. The standard InChI is InChI=1S/C24H28N4O2/c25-21(16-6-4-7-16)20-19(28-13-5-10-24(15-28)11-12-24)14-18(23(29)30)27-22(20)26-17-8-2-1-3-9-17/h1-3,8-9,14,16,25H,4-7,10-13,15H2,(H,26,27)(H,29,30). The number of rotatable bonds is 6. The summed E-state index contributed by atoms with van der Waals surface area (Å²) < 4.78 is 0. The second-order valence-corrected chi connectivity index (χ2v) is 9.11. The average molecular weight is 405 g/mol. The molecule has 6 nitrogen and oxygen atoms in total. The van der Waals surface area contributed by atoms with Crippen LogP contribution in [0.3, 0.4) is 0 Å². The largest absolute Gasteiger partial charge is 0.477 e. The summed E-state index contributed by atoms with van der Waals surface area (Å²) in [5.74, 6) is -0.312. The lowest BCUT2D eigenvalue weighted by atomic mass is 9.78. The van der Waals surface area contributed by atoms with Crippen molar-refractivity contribution >= 4 is 28.9 Å². The molecule has 1 aromatic carbocycles. The zero-order chi connectivity index (χ0) is 20.7. The Morgan fingerprint density at radius 3 is 2.57 bits per heavy atom. The third kappa shape index (κ3) is 3.55. The Morgan fingerprint density at radius 1 is 1.17 bits per heavy atom. The first-order chi connectivity index (χ1) is 14.5. The lowest BCUT2D eigenvalue weighted by Crippen LogP contribution is -2.38. The van der Waals surface area contributed by atoms with E-state index in [9.17, 15) is 9.90 Å². The number of benzene rings is 1. The lowest BCUT2D eigenvalue weighted by Gasteiger charge is -2.37. The predicted molar refractivity (Wildman–Crippen MR) is 118 cm³/mol. The molecule has 2 heterocycles. The lowest BCUT2D eigenvalue weighted by molar-refractivity contribution is 0.0690. The molecule has 6 heteroatoms. The van der Waals surface area contributed by atoms with Gasteiger partial charge in [0.2, 0.25) is 0 Å². The van der Waals surface area contributed by atoms with E-state index in [1.165, 1.54) is 19.3 Å². The molecule has 3 fully saturated rings. The van der Waals surface area contributed by atoms with E-state index in [0.29, 0.717) is 16.9 Å². The number of anilines is 3. The summed E-state index contributed by atoms with van der Waals surface area (Å²) in [5, 5.41) is 22.1. The van der Waals surface area contributed by atoms with Gasteiger partial charge in [-0.25, -0.2) is 9.78 Å². The zero-order valence-electron chi connectivity index (χ0n) is 17.2. The minimum Gasteiger partial charge on any atom is -0.477 e. The molecular weight excluding hydrogens is 376 g/mol. The van der Waals surface area contributed by atoms with Gasteiger partial charge in [0, 0.05) is 30.4 Å². The first-order valence-corrected chi connectivity index (χ1v) is 11.0. The first-order valence-electron chi connectivity index (χ1n) is 11.0. The second-order valence-electron chi connectivity index (χ2n) is 9.11. The molecule has 0 amide bonds. The van der Waals surface area contributed by atoms with Crippen molar-refractivity contribution in [2.75, 3.05) is 23.3 Å². The van der Waals surface area contributed by atoms with E-state index in [0.717, 1.165) is 55.7 Å². The van der Waals surface area contributed by atoms with Gasteiger partial charge in [0.1, 0.15) is 5.82 Å². The number of hydrogen-bond acceptors (Lipinski definition) is 5. The number of nitrogens with zero attached hydrogens (tertiary/aromatic N) is 2. The SMILES string of the molecule is N=C(c1c(N2CCCC3(CC3)C2)cc(C(=O)O)nc1Nc1ccccc1)C1CCC1. The number of carbonyl (C=O) groups is 1. The van der Waals surface area contributed by atoms with E-state index in [1.807, 2.05) is 30.3 Å². The maximum Gasteiger partial charge on any atom is 0.354 e. The van der Waals surface area contributed by atoms with E-state index in [-0.39, 0.29) is 11.6 Å². The molecule has 156 valence electrons. The Kier molecular flexibility index (Phi) is 4.72. The highest BCUT2D eigenvalue weighted by Gasteiger charge is 2.46. The number of piperidine rings is 1. The highest BCUT2D eigenvalue weighted by molar-refractivity contribution is 6.10. The number of para-hydroxylation sites is 1. The van der Waals surface area contributed by atoms with Gasteiger partial charge in [0.05, 0.1) is 11.3 Å². The summed E-state index contributed by atoms with van der Waals surface area (Å²) in [5.41, 5.74) is 3.51. The van der Waals surface area contributed by atoms with Crippen molar-refractivity contribution in [2.45, 2.75) is 44.9 Å². The molecule has 30 heavy (non-hydrogen) atoms. The van der Waals surface area contributed by atoms with Crippen LogP contribution in [0.15, 0.2) is 36.4 Å². The Morgan fingerprint density at radius 2 is 1.93 bits per heavy atom. The smallest absolute Gasteiger partial charge is 0.354 e. The molecule has 2 saturated carbocycles. The van der Waals surface area contributed by atoms with Gasteiger partial charge in [-0.2, -0.15) is 0 Å². The van der Waals surface area contributed by atoms with Crippen molar-refractivity contribution < 1.29 is 9.90 Å². The Bertz CT molecular complexity index is 980. The highest BCUT2D eigenvalue weighted by atomic mass is 16.4. The van der Waals surface area contributed by atoms with Crippen molar-refractivity contribution in [3.8, 4) is 0 Å². The van der Waals surface area contributed by atoms with Gasteiger partial charge in [-0.05, 0) is 62.1 Å². The number of carboxylic acids is 1. The van der Waals surface area contributed by atoms with Gasteiger partial charge in [-0.3, -0.25) is 0 Å². The average Bonchev–Trinajstić information content (AvgIpc) is 3.45. The van der Waals surface area contributed by atoms with Crippen LogP contribution in [0.2, 0.25) is 0 Å². The van der Waals surface area contributed by atoms with E-state index in [1.54, 1.807) is 6.07 Å². The van der Waals surface area contributed by atoms with Gasteiger partial charge < -0.3 is 20.7 Å². The minimum absolute atomic E-state index is 0.0315. The summed E-state index contributed by atoms with van der Waals surface area (Å²) in [7, 11) is 0. The maximum absolute atomic E-state index is 11.9. The van der Waals surface area contributed by atoms with Crippen LogP contribution in [0, 0.1) is 16.7 Å². The van der Waals surface area contributed by atoms with Crippen LogP contribution >= 0.6 is 0 Å².